The number of carboxylic acids is 1. The Morgan fingerprint density at radius 1 is 1.43 bits per heavy atom. The van der Waals surface area contributed by atoms with Crippen LogP contribution in [0.15, 0.2) is 24.3 Å². The van der Waals surface area contributed by atoms with Crippen molar-refractivity contribution in [3.63, 3.8) is 0 Å². The van der Waals surface area contributed by atoms with Crippen LogP contribution in [0.2, 0.25) is 0 Å². The van der Waals surface area contributed by atoms with Crippen molar-refractivity contribution in [1.82, 2.24) is 4.90 Å². The number of ether oxygens (including phenoxy) is 1. The summed E-state index contributed by atoms with van der Waals surface area (Å²) in [7, 11) is 0. The van der Waals surface area contributed by atoms with Gasteiger partial charge in [0, 0.05) is 18.1 Å². The van der Waals surface area contributed by atoms with Gasteiger partial charge in [-0.3, -0.25) is 9.59 Å². The monoisotopic (exact) mass is 337 g/mol. The van der Waals surface area contributed by atoms with Crippen LogP contribution in [-0.2, 0) is 9.59 Å². The highest BCUT2D eigenvalue weighted by Gasteiger charge is 2.33. The Labute approximate surface area is 141 Å². The predicted octanol–water partition coefficient (Wildman–Crippen LogP) is 2.57. The molecule has 0 spiro atoms. The van der Waals surface area contributed by atoms with Crippen molar-refractivity contribution in [3.8, 4) is 5.75 Å². The number of thioether (sulfide) groups is 1. The number of carboxylic acid groups (broad SMARTS) is 1. The van der Waals surface area contributed by atoms with Gasteiger partial charge in [-0.1, -0.05) is 25.1 Å². The Hall–Kier alpha value is -1.69. The van der Waals surface area contributed by atoms with Crippen molar-refractivity contribution < 1.29 is 19.4 Å². The van der Waals surface area contributed by atoms with Crippen molar-refractivity contribution in [1.29, 1.82) is 0 Å². The first kappa shape index (κ1) is 17.7. The Morgan fingerprint density at radius 3 is 2.83 bits per heavy atom. The molecule has 1 aliphatic heterocycles. The molecule has 1 aliphatic rings. The minimum atomic E-state index is -0.872. The van der Waals surface area contributed by atoms with Gasteiger partial charge in [-0.05, 0) is 25.0 Å². The van der Waals surface area contributed by atoms with E-state index >= 15 is 0 Å². The molecule has 0 radical (unpaired) electrons. The summed E-state index contributed by atoms with van der Waals surface area (Å²) in [4.78, 5) is 25.6. The molecule has 1 aromatic carbocycles. The number of amides is 1. The molecule has 23 heavy (non-hydrogen) atoms. The van der Waals surface area contributed by atoms with Crippen LogP contribution in [0.1, 0.15) is 25.3 Å². The lowest BCUT2D eigenvalue weighted by Gasteiger charge is -2.36. The highest BCUT2D eigenvalue weighted by Crippen LogP contribution is 2.23. The number of para-hydroxylation sites is 1. The quantitative estimate of drug-likeness (QED) is 0.864. The van der Waals surface area contributed by atoms with Crippen LogP contribution < -0.4 is 4.74 Å². The molecule has 0 bridgehead atoms. The van der Waals surface area contributed by atoms with E-state index in [-0.39, 0.29) is 18.4 Å². The van der Waals surface area contributed by atoms with Gasteiger partial charge in [-0.25, -0.2) is 0 Å². The Kier molecular flexibility index (Phi) is 6.33. The number of hydrogen-bond acceptors (Lipinski definition) is 4. The molecule has 1 amide bonds. The Morgan fingerprint density at radius 2 is 2.17 bits per heavy atom. The Bertz CT molecular complexity index is 563. The van der Waals surface area contributed by atoms with E-state index in [1.54, 1.807) is 16.7 Å². The average Bonchev–Trinajstić information content (AvgIpc) is 2.53. The van der Waals surface area contributed by atoms with Crippen LogP contribution in [-0.4, -0.2) is 52.1 Å². The fourth-order valence-corrected chi connectivity index (χ4v) is 3.71. The molecule has 2 rings (SSSR count). The lowest BCUT2D eigenvalue weighted by molar-refractivity contribution is -0.144. The first-order valence-electron chi connectivity index (χ1n) is 7.85. The number of hydrogen-bond donors (Lipinski definition) is 1. The minimum absolute atomic E-state index is 0.0143. The van der Waals surface area contributed by atoms with E-state index in [2.05, 4.69) is 0 Å². The van der Waals surface area contributed by atoms with E-state index in [4.69, 9.17) is 9.84 Å². The fraction of sp³-hybridized carbons (Fsp3) is 0.529. The largest absolute Gasteiger partial charge is 0.481 e. The molecular formula is C17H23NO4S. The summed E-state index contributed by atoms with van der Waals surface area (Å²) in [5, 5.41) is 9.05. The molecular weight excluding hydrogens is 314 g/mol. The lowest BCUT2D eigenvalue weighted by Crippen LogP contribution is -2.52. The highest BCUT2D eigenvalue weighted by atomic mass is 32.2. The van der Waals surface area contributed by atoms with E-state index in [9.17, 15) is 9.59 Å². The van der Waals surface area contributed by atoms with Gasteiger partial charge in [-0.2, -0.15) is 11.8 Å². The van der Waals surface area contributed by atoms with Gasteiger partial charge in [0.15, 0.2) is 6.10 Å². The molecule has 6 heteroatoms. The van der Waals surface area contributed by atoms with Crippen LogP contribution in [0, 0.1) is 6.92 Å². The van der Waals surface area contributed by atoms with Gasteiger partial charge in [0.1, 0.15) is 5.75 Å². The normalized spacial score (nSPS) is 19.2. The van der Waals surface area contributed by atoms with E-state index in [0.29, 0.717) is 24.5 Å². The molecule has 1 fully saturated rings. The summed E-state index contributed by atoms with van der Waals surface area (Å²) in [6.07, 6.45) is -0.0358. The molecule has 1 heterocycles. The van der Waals surface area contributed by atoms with E-state index in [1.807, 2.05) is 38.1 Å². The van der Waals surface area contributed by atoms with Crippen LogP contribution in [0.4, 0.5) is 0 Å². The van der Waals surface area contributed by atoms with Gasteiger partial charge in [-0.15, -0.1) is 0 Å². The standard InChI is InChI=1S/C17H23NO4S/c1-3-14(22-15-7-5-4-6-12(15)2)17(21)18-8-9-23-11-13(18)10-16(19)20/h4-7,13-14H,3,8-11H2,1-2H3,(H,19,20). The SMILES string of the molecule is CCC(Oc1ccccc1C)C(=O)N1CCSCC1CC(=O)O. The van der Waals surface area contributed by atoms with Crippen molar-refractivity contribution in [3.05, 3.63) is 29.8 Å². The maximum Gasteiger partial charge on any atom is 0.305 e. The van der Waals surface area contributed by atoms with Crippen molar-refractivity contribution in [2.45, 2.75) is 38.8 Å². The number of carbonyl (C=O) groups excluding carboxylic acids is 1. The smallest absolute Gasteiger partial charge is 0.305 e. The zero-order chi connectivity index (χ0) is 16.8. The number of carbonyl (C=O) groups is 2. The number of rotatable bonds is 6. The second kappa shape index (κ2) is 8.24. The van der Waals surface area contributed by atoms with Crippen LogP contribution in [0.3, 0.4) is 0 Å². The molecule has 1 saturated heterocycles. The zero-order valence-corrected chi connectivity index (χ0v) is 14.3. The van der Waals surface area contributed by atoms with E-state index < -0.39 is 12.1 Å². The number of aryl methyl sites for hydroxylation is 1. The van der Waals surface area contributed by atoms with Crippen LogP contribution in [0.5, 0.6) is 5.75 Å². The number of aliphatic carboxylic acids is 1. The molecule has 0 aliphatic carbocycles. The van der Waals surface area contributed by atoms with Crippen LogP contribution in [0.25, 0.3) is 0 Å². The molecule has 2 atom stereocenters. The van der Waals surface area contributed by atoms with Gasteiger partial charge in [0.2, 0.25) is 0 Å². The molecule has 2 unspecified atom stereocenters. The number of nitrogens with zero attached hydrogens (tertiary/aromatic N) is 1. The molecule has 0 saturated carbocycles. The summed E-state index contributed by atoms with van der Waals surface area (Å²) in [5.74, 6) is 1.22. The second-order valence-electron chi connectivity index (χ2n) is 5.64. The van der Waals surface area contributed by atoms with Gasteiger partial charge < -0.3 is 14.7 Å². The van der Waals surface area contributed by atoms with Crippen LogP contribution >= 0.6 is 11.8 Å². The highest BCUT2D eigenvalue weighted by molar-refractivity contribution is 7.99. The first-order valence-corrected chi connectivity index (χ1v) is 9.00. The molecule has 5 nitrogen and oxygen atoms in total. The topological polar surface area (TPSA) is 66.8 Å². The first-order chi connectivity index (χ1) is 11.0. The maximum atomic E-state index is 12.8. The van der Waals surface area contributed by atoms with E-state index in [0.717, 1.165) is 11.3 Å². The van der Waals surface area contributed by atoms with Gasteiger partial charge in [0.05, 0.1) is 12.5 Å². The third-order valence-electron chi connectivity index (χ3n) is 3.93. The maximum absolute atomic E-state index is 12.8. The molecule has 126 valence electrons. The van der Waals surface area contributed by atoms with Crippen molar-refractivity contribution in [2.75, 3.05) is 18.1 Å². The minimum Gasteiger partial charge on any atom is -0.481 e. The van der Waals surface area contributed by atoms with Crippen molar-refractivity contribution in [2.24, 2.45) is 0 Å². The zero-order valence-electron chi connectivity index (χ0n) is 13.5. The summed E-state index contributed by atoms with van der Waals surface area (Å²) in [6, 6.07) is 7.34. The third kappa shape index (κ3) is 4.64. The average molecular weight is 337 g/mol. The summed E-state index contributed by atoms with van der Waals surface area (Å²) in [6.45, 7) is 4.43. The third-order valence-corrected chi connectivity index (χ3v) is 5.02. The predicted molar refractivity (Wildman–Crippen MR) is 91.0 cm³/mol. The summed E-state index contributed by atoms with van der Waals surface area (Å²) in [5.41, 5.74) is 0.982. The van der Waals surface area contributed by atoms with Crippen molar-refractivity contribution >= 4 is 23.6 Å². The summed E-state index contributed by atoms with van der Waals surface area (Å²) < 4.78 is 5.92. The number of benzene rings is 1. The molecule has 0 aromatic heterocycles. The molecule has 1 N–H and O–H groups in total. The Balaban J connectivity index is 2.11. The second-order valence-corrected chi connectivity index (χ2v) is 6.79. The summed E-state index contributed by atoms with van der Waals surface area (Å²) >= 11 is 1.69. The van der Waals surface area contributed by atoms with Gasteiger partial charge >= 0.3 is 5.97 Å². The fourth-order valence-electron chi connectivity index (χ4n) is 2.65. The van der Waals surface area contributed by atoms with Gasteiger partial charge in [0.25, 0.3) is 5.91 Å². The van der Waals surface area contributed by atoms with E-state index in [1.165, 1.54) is 0 Å². The lowest BCUT2D eigenvalue weighted by atomic mass is 10.1. The molecule has 1 aromatic rings.